The van der Waals surface area contributed by atoms with Crippen LogP contribution in [0.1, 0.15) is 104 Å². The zero-order valence-electron chi connectivity index (χ0n) is 65.8. The summed E-state index contributed by atoms with van der Waals surface area (Å²) in [5.41, 5.74) is 3.22. The third-order valence-corrected chi connectivity index (χ3v) is 21.7. The summed E-state index contributed by atoms with van der Waals surface area (Å²) in [7, 11) is 0. The number of nitrogens with one attached hydrogen (secondary N) is 2. The molecule has 3 N–H and O–H groups in total. The molecular formula is C88H104Br2N12O12. The van der Waals surface area contributed by atoms with Gasteiger partial charge in [0.15, 0.2) is 5.78 Å². The van der Waals surface area contributed by atoms with E-state index in [9.17, 15) is 43.2 Å². The summed E-state index contributed by atoms with van der Waals surface area (Å²) in [6.45, 7) is 30.1. The van der Waals surface area contributed by atoms with Crippen molar-refractivity contribution in [2.24, 2.45) is 0 Å². The minimum atomic E-state index is -0.894. The van der Waals surface area contributed by atoms with Gasteiger partial charge in [0.2, 0.25) is 0 Å². The number of carboxylic acid groups (broad SMARTS) is 1. The van der Waals surface area contributed by atoms with E-state index in [2.05, 4.69) is 63.3 Å². The van der Waals surface area contributed by atoms with Crippen molar-refractivity contribution >= 4 is 107 Å². The van der Waals surface area contributed by atoms with Crippen LogP contribution in [0.15, 0.2) is 203 Å². The van der Waals surface area contributed by atoms with Crippen molar-refractivity contribution in [2.75, 3.05) is 157 Å². The Kier molecular flexibility index (Phi) is 29.7. The molecule has 114 heavy (non-hydrogen) atoms. The standard InChI is InChI=1S/C25H24BrN3O2.C19H27N3O3.C14H19N3O.C11H7BrO2.C11H14N2O.C8H13NO3/c26-22-9-8-19-14-21(7-6-20(19)15-22)25(31)29-16-23(17-29)27-10-12-28(13-11-27)24(30)18-4-2-1-3-5-18;1-19(2,3)25-18(24)22-13-16(14-22)20-9-11-21(12-10-20)17(23)15-7-5-4-6-8-15;18-14(12-4-2-1-3-5-12)17-8-6-16(7-9-17)13-10-15-11-13;12-10-4-3-7-5-9(11(13)14)2-1-8(7)6-10;14-11(10-4-2-1-3-5-10)13-8-6-12-7-9-13;1-8(2,3)12-7(11)9-4-6(10)5-9/h1-9,14-15,23H,10-13,16-17H2;4-8,16H,9-14H2,1-3H3;1-5,13,15H,6-11H2;1-6H,(H,13,14);1-5,12H,6-9H2;4-5H2,1-3H3. The summed E-state index contributed by atoms with van der Waals surface area (Å²) in [6, 6.07) is 62.2. The summed E-state index contributed by atoms with van der Waals surface area (Å²) in [6.07, 6.45) is -0.635. The van der Waals surface area contributed by atoms with Crippen LogP contribution in [0.25, 0.3) is 21.5 Å². The molecule has 26 heteroatoms. The smallest absolute Gasteiger partial charge is 0.411 e. The molecule has 602 valence electrons. The molecule has 8 fully saturated rings. The monoisotopic (exact) mass is 1680 g/mol. The average Bonchev–Trinajstić information content (AvgIpc) is 0.787. The lowest BCUT2D eigenvalue weighted by Gasteiger charge is -2.48. The highest BCUT2D eigenvalue weighted by Gasteiger charge is 2.40. The molecule has 8 saturated heterocycles. The Balaban J connectivity index is 0.000000140. The molecule has 0 aliphatic carbocycles. The summed E-state index contributed by atoms with van der Waals surface area (Å²) in [5, 5.41) is 19.5. The molecule has 0 bridgehead atoms. The highest BCUT2D eigenvalue weighted by Crippen LogP contribution is 2.27. The van der Waals surface area contributed by atoms with Crippen molar-refractivity contribution < 1.29 is 57.7 Å². The van der Waals surface area contributed by atoms with Gasteiger partial charge in [0, 0.05) is 199 Å². The highest BCUT2D eigenvalue weighted by molar-refractivity contribution is 9.10. The van der Waals surface area contributed by atoms with Gasteiger partial charge in [-0.25, -0.2) is 14.4 Å². The number of halogens is 2. The van der Waals surface area contributed by atoms with Crippen LogP contribution >= 0.6 is 31.9 Å². The van der Waals surface area contributed by atoms with Crippen LogP contribution in [-0.2, 0) is 14.3 Å². The minimum Gasteiger partial charge on any atom is -0.478 e. The van der Waals surface area contributed by atoms with Crippen molar-refractivity contribution in [3.8, 4) is 0 Å². The third kappa shape index (κ3) is 24.1. The van der Waals surface area contributed by atoms with E-state index in [0.29, 0.717) is 36.8 Å². The maximum atomic E-state index is 12.9. The number of piperazine rings is 4. The predicted octanol–water partition coefficient (Wildman–Crippen LogP) is 11.2. The highest BCUT2D eigenvalue weighted by atomic mass is 79.9. The number of ketones is 1. The first-order chi connectivity index (χ1) is 54.7. The van der Waals surface area contributed by atoms with E-state index in [1.165, 1.54) is 4.90 Å². The van der Waals surface area contributed by atoms with E-state index in [4.69, 9.17) is 14.6 Å². The van der Waals surface area contributed by atoms with Crippen LogP contribution in [0.3, 0.4) is 0 Å². The van der Waals surface area contributed by atoms with Crippen molar-refractivity contribution in [1.29, 1.82) is 0 Å². The summed E-state index contributed by atoms with van der Waals surface area (Å²) in [5.74, 6) is -0.193. The number of likely N-dealkylation sites (tertiary alicyclic amines) is 3. The largest absolute Gasteiger partial charge is 0.478 e. The number of carbonyl (C=O) groups is 9. The van der Waals surface area contributed by atoms with E-state index in [-0.39, 0.29) is 54.5 Å². The van der Waals surface area contributed by atoms with Gasteiger partial charge in [-0.3, -0.25) is 48.4 Å². The molecule has 0 unspecified atom stereocenters. The number of ether oxygens (including phenoxy) is 2. The van der Waals surface area contributed by atoms with Crippen molar-refractivity contribution in [1.82, 2.24) is 59.6 Å². The lowest BCUT2D eigenvalue weighted by molar-refractivity contribution is -0.128. The van der Waals surface area contributed by atoms with E-state index < -0.39 is 23.3 Å². The Morgan fingerprint density at radius 3 is 0.991 bits per heavy atom. The number of aromatic carboxylic acids is 1. The van der Waals surface area contributed by atoms with E-state index in [0.717, 1.165) is 189 Å². The van der Waals surface area contributed by atoms with Crippen LogP contribution in [-0.4, -0.2) is 294 Å². The van der Waals surface area contributed by atoms with Crippen LogP contribution in [0.5, 0.6) is 0 Å². The van der Waals surface area contributed by atoms with Gasteiger partial charge in [-0.1, -0.05) is 129 Å². The molecule has 0 saturated carbocycles. The van der Waals surface area contributed by atoms with Crippen LogP contribution in [0.2, 0.25) is 0 Å². The molecule has 8 aliphatic heterocycles. The number of benzene rings is 8. The number of nitrogens with zero attached hydrogens (tertiary/aromatic N) is 10. The fraction of sp³-hybridized carbons (Fsp3) is 0.398. The Morgan fingerprint density at radius 2 is 0.649 bits per heavy atom. The van der Waals surface area contributed by atoms with Gasteiger partial charge < -0.3 is 54.6 Å². The second kappa shape index (κ2) is 39.9. The number of hydrogen-bond acceptors (Lipinski definition) is 16. The first-order valence-electron chi connectivity index (χ1n) is 39.1. The maximum absolute atomic E-state index is 12.9. The van der Waals surface area contributed by atoms with E-state index in [1.807, 2.05) is 221 Å². The molecule has 8 aliphatic rings. The molecular weight excluding hydrogens is 1580 g/mol. The number of amides is 7. The van der Waals surface area contributed by atoms with Gasteiger partial charge in [0.25, 0.3) is 29.5 Å². The van der Waals surface area contributed by atoms with Crippen molar-refractivity contribution in [3.05, 3.63) is 236 Å². The van der Waals surface area contributed by atoms with E-state index >= 15 is 0 Å². The van der Waals surface area contributed by atoms with E-state index in [1.54, 1.807) is 37.8 Å². The van der Waals surface area contributed by atoms with Gasteiger partial charge in [0.1, 0.15) is 11.2 Å². The minimum absolute atomic E-state index is 0.0841. The molecule has 0 aromatic heterocycles. The molecule has 8 aromatic rings. The molecule has 0 spiro atoms. The molecule has 0 radical (unpaired) electrons. The normalized spacial score (nSPS) is 17.6. The first-order valence-corrected chi connectivity index (χ1v) is 40.7. The number of carbonyl (C=O) groups excluding carboxylic acids is 8. The maximum Gasteiger partial charge on any atom is 0.411 e. The molecule has 16 rings (SSSR count). The Hall–Kier alpha value is -9.93. The topological polar surface area (TPSA) is 249 Å². The Labute approximate surface area is 684 Å². The second-order valence-corrected chi connectivity index (χ2v) is 33.1. The number of fused-ring (bicyclic) bond motifs is 2. The van der Waals surface area contributed by atoms with Gasteiger partial charge >= 0.3 is 18.2 Å². The lowest BCUT2D eigenvalue weighted by atomic mass is 10.0. The van der Waals surface area contributed by atoms with Crippen molar-refractivity contribution in [2.45, 2.75) is 70.9 Å². The molecule has 8 heterocycles. The van der Waals surface area contributed by atoms with Crippen molar-refractivity contribution in [3.63, 3.8) is 0 Å². The van der Waals surface area contributed by atoms with Gasteiger partial charge in [0.05, 0.1) is 18.7 Å². The van der Waals surface area contributed by atoms with Gasteiger partial charge in [-0.05, 0) is 160 Å². The number of hydrogen-bond donors (Lipinski definition) is 3. The van der Waals surface area contributed by atoms with Crippen LogP contribution in [0.4, 0.5) is 9.59 Å². The second-order valence-electron chi connectivity index (χ2n) is 31.3. The number of Topliss-reactive ketones (excluding diaryl/α,β-unsaturated/α-hetero) is 1. The summed E-state index contributed by atoms with van der Waals surface area (Å²) in [4.78, 5) is 127. The van der Waals surface area contributed by atoms with Gasteiger partial charge in [-0.15, -0.1) is 0 Å². The Bertz CT molecular complexity index is 4600. The average molecular weight is 1680 g/mol. The number of carboxylic acids is 1. The molecule has 0 atom stereocenters. The zero-order valence-corrected chi connectivity index (χ0v) is 69.0. The lowest BCUT2D eigenvalue weighted by Crippen LogP contribution is -2.64. The fourth-order valence-electron chi connectivity index (χ4n) is 14.1. The zero-order chi connectivity index (χ0) is 81.1. The summed E-state index contributed by atoms with van der Waals surface area (Å²) >= 11 is 6.85. The quantitative estimate of drug-likeness (QED) is 0.121. The predicted molar refractivity (Wildman–Crippen MR) is 448 cm³/mol. The fourth-order valence-corrected chi connectivity index (χ4v) is 14.8. The first kappa shape index (κ1) is 85.0. The summed E-state index contributed by atoms with van der Waals surface area (Å²) < 4.78 is 12.4. The molecule has 8 aromatic carbocycles. The number of rotatable bonds is 9. The Morgan fingerprint density at radius 1 is 0.342 bits per heavy atom. The SMILES string of the molecule is CC(C)(C)OC(=O)N1CC(=O)C1.CC(C)(C)OC(=O)N1CC(N2CCN(C(=O)c3ccccc3)CC2)C1.O=C(O)c1ccc2cc(Br)ccc2c1.O=C(c1ccccc1)N1CCN(C2CN(C(=O)c3ccc4cc(Br)ccc4c3)C2)CC1.O=C(c1ccccc1)N1CCN(C2CNC2)CC1.O=C(c1ccccc1)N1CCNCC1. The molecule has 7 amide bonds. The molecule has 24 nitrogen and oxygen atoms in total. The third-order valence-electron chi connectivity index (χ3n) is 20.7. The van der Waals surface area contributed by atoms with Gasteiger partial charge in [-0.2, -0.15) is 0 Å². The van der Waals surface area contributed by atoms with Crippen LogP contribution < -0.4 is 10.6 Å². The van der Waals surface area contributed by atoms with Crippen LogP contribution in [0, 0.1) is 0 Å².